The van der Waals surface area contributed by atoms with Crippen molar-refractivity contribution in [3.8, 4) is 0 Å². The lowest BCUT2D eigenvalue weighted by atomic mass is 10.1. The molecule has 0 rings (SSSR count). The number of nitrogens with one attached hydrogen (secondary N) is 3. The lowest BCUT2D eigenvalue weighted by Crippen LogP contribution is -2.42. The first-order valence-electron chi connectivity index (χ1n) is 5.12. The van der Waals surface area contributed by atoms with E-state index < -0.39 is 0 Å². The van der Waals surface area contributed by atoms with Gasteiger partial charge < -0.3 is 16.4 Å². The SMILES string of the molecule is CN=C(N)NCCCC(NC)C(=O)NOC. The topological polar surface area (TPSA) is 101 Å². The first kappa shape index (κ1) is 14.7. The molecule has 16 heavy (non-hydrogen) atoms. The van der Waals surface area contributed by atoms with Gasteiger partial charge in [-0.25, -0.2) is 5.48 Å². The van der Waals surface area contributed by atoms with Gasteiger partial charge in [0, 0.05) is 13.6 Å². The summed E-state index contributed by atoms with van der Waals surface area (Å²) in [5, 5.41) is 5.83. The number of hydrogen-bond donors (Lipinski definition) is 4. The number of rotatable bonds is 7. The first-order chi connectivity index (χ1) is 7.65. The minimum atomic E-state index is -0.262. The Bertz CT molecular complexity index is 232. The summed E-state index contributed by atoms with van der Waals surface area (Å²) < 4.78 is 0. The zero-order valence-corrected chi connectivity index (χ0v) is 10.0. The average molecular weight is 231 g/mol. The molecule has 1 amide bonds. The van der Waals surface area contributed by atoms with Crippen LogP contribution in [0.25, 0.3) is 0 Å². The quantitative estimate of drug-likeness (QED) is 0.186. The molecule has 0 aromatic heterocycles. The third kappa shape index (κ3) is 6.20. The number of carbonyl (C=O) groups is 1. The Balaban J connectivity index is 3.75. The Hall–Kier alpha value is -1.34. The molecule has 0 aliphatic carbocycles. The molecule has 1 unspecified atom stereocenters. The van der Waals surface area contributed by atoms with E-state index in [1.54, 1.807) is 14.1 Å². The minimum Gasteiger partial charge on any atom is -0.370 e. The summed E-state index contributed by atoms with van der Waals surface area (Å²) in [6.07, 6.45) is 1.49. The molecule has 0 aromatic carbocycles. The van der Waals surface area contributed by atoms with E-state index in [-0.39, 0.29) is 11.9 Å². The molecule has 0 saturated heterocycles. The number of aliphatic imine (C=N–C) groups is 1. The summed E-state index contributed by atoms with van der Waals surface area (Å²) in [7, 11) is 4.75. The Labute approximate surface area is 95.8 Å². The fraction of sp³-hybridized carbons (Fsp3) is 0.778. The Morgan fingerprint density at radius 3 is 2.75 bits per heavy atom. The van der Waals surface area contributed by atoms with Crippen LogP contribution in [0.1, 0.15) is 12.8 Å². The molecule has 0 heterocycles. The Kier molecular flexibility index (Phi) is 8.18. The molecule has 1 atom stereocenters. The molecule has 0 saturated carbocycles. The fourth-order valence-electron chi connectivity index (χ4n) is 1.18. The van der Waals surface area contributed by atoms with E-state index in [2.05, 4.69) is 25.9 Å². The highest BCUT2D eigenvalue weighted by Crippen LogP contribution is 1.96. The van der Waals surface area contributed by atoms with Crippen molar-refractivity contribution in [1.29, 1.82) is 0 Å². The predicted molar refractivity (Wildman–Crippen MR) is 62.8 cm³/mol. The maximum atomic E-state index is 11.4. The van der Waals surface area contributed by atoms with Crippen molar-refractivity contribution in [3.63, 3.8) is 0 Å². The second-order valence-electron chi connectivity index (χ2n) is 3.19. The molecule has 0 radical (unpaired) electrons. The van der Waals surface area contributed by atoms with Gasteiger partial charge in [0.2, 0.25) is 0 Å². The third-order valence-corrected chi connectivity index (χ3v) is 2.08. The maximum absolute atomic E-state index is 11.4. The lowest BCUT2D eigenvalue weighted by Gasteiger charge is -2.14. The van der Waals surface area contributed by atoms with E-state index in [4.69, 9.17) is 5.73 Å². The number of amides is 1. The van der Waals surface area contributed by atoms with Crippen LogP contribution in [0.4, 0.5) is 0 Å². The van der Waals surface area contributed by atoms with E-state index in [0.717, 1.165) is 6.42 Å². The van der Waals surface area contributed by atoms with Crippen LogP contribution in [0.5, 0.6) is 0 Å². The van der Waals surface area contributed by atoms with Gasteiger partial charge in [0.05, 0.1) is 13.2 Å². The Morgan fingerprint density at radius 2 is 2.25 bits per heavy atom. The van der Waals surface area contributed by atoms with Crippen molar-refractivity contribution in [2.45, 2.75) is 18.9 Å². The van der Waals surface area contributed by atoms with E-state index >= 15 is 0 Å². The van der Waals surface area contributed by atoms with Gasteiger partial charge in [-0.1, -0.05) is 0 Å². The Morgan fingerprint density at radius 1 is 1.56 bits per heavy atom. The summed E-state index contributed by atoms with van der Waals surface area (Å²) in [6, 6.07) is -0.262. The molecule has 0 fully saturated rings. The molecule has 0 spiro atoms. The summed E-state index contributed by atoms with van der Waals surface area (Å²) in [5.74, 6) is 0.226. The van der Waals surface area contributed by atoms with E-state index in [9.17, 15) is 4.79 Å². The van der Waals surface area contributed by atoms with E-state index in [1.807, 2.05) is 0 Å². The monoisotopic (exact) mass is 231 g/mol. The fourth-order valence-corrected chi connectivity index (χ4v) is 1.18. The van der Waals surface area contributed by atoms with Crippen LogP contribution in [-0.2, 0) is 9.63 Å². The largest absolute Gasteiger partial charge is 0.370 e. The highest BCUT2D eigenvalue weighted by Gasteiger charge is 2.15. The standard InChI is InChI=1S/C9H21N5O2/c1-11-7(8(15)14-16-3)5-4-6-13-9(10)12-2/h7,11H,4-6H2,1-3H3,(H,14,15)(H3,10,12,13). The molecule has 7 heteroatoms. The van der Waals surface area contributed by atoms with Gasteiger partial charge in [-0.15, -0.1) is 0 Å². The van der Waals surface area contributed by atoms with Crippen LogP contribution in [0.15, 0.2) is 4.99 Å². The third-order valence-electron chi connectivity index (χ3n) is 2.08. The van der Waals surface area contributed by atoms with Crippen molar-refractivity contribution in [3.05, 3.63) is 0 Å². The number of hydrogen-bond acceptors (Lipinski definition) is 4. The van der Waals surface area contributed by atoms with Crippen LogP contribution in [-0.4, -0.2) is 45.7 Å². The molecule has 0 bridgehead atoms. The highest BCUT2D eigenvalue weighted by atomic mass is 16.6. The molecule has 5 N–H and O–H groups in total. The van der Waals surface area contributed by atoms with Gasteiger partial charge in [0.25, 0.3) is 5.91 Å². The maximum Gasteiger partial charge on any atom is 0.260 e. The summed E-state index contributed by atoms with van der Waals surface area (Å²) in [4.78, 5) is 19.7. The first-order valence-corrected chi connectivity index (χ1v) is 5.12. The van der Waals surface area contributed by atoms with Crippen molar-refractivity contribution in [2.75, 3.05) is 27.7 Å². The lowest BCUT2D eigenvalue weighted by molar-refractivity contribution is -0.133. The van der Waals surface area contributed by atoms with Crippen molar-refractivity contribution in [2.24, 2.45) is 10.7 Å². The van der Waals surface area contributed by atoms with Crippen molar-refractivity contribution in [1.82, 2.24) is 16.1 Å². The van der Waals surface area contributed by atoms with Crippen LogP contribution in [0.3, 0.4) is 0 Å². The van der Waals surface area contributed by atoms with Gasteiger partial charge in [-0.2, -0.15) is 0 Å². The number of guanidine groups is 1. The van der Waals surface area contributed by atoms with Gasteiger partial charge in [-0.05, 0) is 19.9 Å². The predicted octanol–water partition coefficient (Wildman–Crippen LogP) is -1.43. The van der Waals surface area contributed by atoms with Gasteiger partial charge in [-0.3, -0.25) is 14.6 Å². The molecular weight excluding hydrogens is 210 g/mol. The molecule has 94 valence electrons. The molecule has 0 aliphatic heterocycles. The summed E-state index contributed by atoms with van der Waals surface area (Å²) >= 11 is 0. The summed E-state index contributed by atoms with van der Waals surface area (Å²) in [5.41, 5.74) is 7.74. The van der Waals surface area contributed by atoms with Gasteiger partial charge in [0.1, 0.15) is 0 Å². The zero-order chi connectivity index (χ0) is 12.4. The van der Waals surface area contributed by atoms with Crippen LogP contribution >= 0.6 is 0 Å². The minimum absolute atomic E-state index is 0.179. The average Bonchev–Trinajstić information content (AvgIpc) is 2.29. The smallest absolute Gasteiger partial charge is 0.260 e. The zero-order valence-electron chi connectivity index (χ0n) is 10.0. The van der Waals surface area contributed by atoms with Gasteiger partial charge in [0.15, 0.2) is 5.96 Å². The number of likely N-dealkylation sites (N-methyl/N-ethyl adjacent to an activating group) is 1. The number of carbonyl (C=O) groups excluding carboxylic acids is 1. The van der Waals surface area contributed by atoms with E-state index in [0.29, 0.717) is 18.9 Å². The second kappa shape index (κ2) is 8.93. The van der Waals surface area contributed by atoms with Crippen LogP contribution in [0, 0.1) is 0 Å². The second-order valence-corrected chi connectivity index (χ2v) is 3.19. The van der Waals surface area contributed by atoms with Crippen molar-refractivity contribution < 1.29 is 9.63 Å². The normalized spacial score (nSPS) is 13.3. The highest BCUT2D eigenvalue weighted by molar-refractivity contribution is 5.80. The molecule has 0 aliphatic rings. The van der Waals surface area contributed by atoms with Gasteiger partial charge >= 0.3 is 0 Å². The number of nitrogens with zero attached hydrogens (tertiary/aromatic N) is 1. The summed E-state index contributed by atoms with van der Waals surface area (Å²) in [6.45, 7) is 0.682. The molecule has 0 aromatic rings. The molecular formula is C9H21N5O2. The van der Waals surface area contributed by atoms with Crippen molar-refractivity contribution >= 4 is 11.9 Å². The molecule has 7 nitrogen and oxygen atoms in total. The van der Waals surface area contributed by atoms with E-state index in [1.165, 1.54) is 7.11 Å². The van der Waals surface area contributed by atoms with Crippen LogP contribution in [0.2, 0.25) is 0 Å². The number of hydroxylamine groups is 1. The van der Waals surface area contributed by atoms with Crippen LogP contribution < -0.4 is 21.8 Å². The number of nitrogens with two attached hydrogens (primary N) is 1.